The van der Waals surface area contributed by atoms with Crippen molar-refractivity contribution >= 4 is 0 Å². The molecule has 17 heavy (non-hydrogen) atoms. The van der Waals surface area contributed by atoms with Crippen LogP contribution in [-0.4, -0.2) is 11.7 Å². The van der Waals surface area contributed by atoms with E-state index in [1.165, 1.54) is 12.1 Å². The summed E-state index contributed by atoms with van der Waals surface area (Å²) in [5.74, 6) is -0.191. The molecule has 0 spiro atoms. The van der Waals surface area contributed by atoms with Crippen LogP contribution in [0.5, 0.6) is 0 Å². The molecule has 0 saturated carbocycles. The molecule has 4 heteroatoms. The molecule has 1 aliphatic rings. The van der Waals surface area contributed by atoms with Gasteiger partial charge >= 0.3 is 0 Å². The molecule has 1 aromatic carbocycles. The quantitative estimate of drug-likeness (QED) is 0.737. The molecule has 1 saturated heterocycles. The molecule has 2 rings (SSSR count). The van der Waals surface area contributed by atoms with Gasteiger partial charge < -0.3 is 0 Å². The van der Waals surface area contributed by atoms with E-state index in [0.29, 0.717) is 0 Å². The second-order valence-electron chi connectivity index (χ2n) is 5.58. The van der Waals surface area contributed by atoms with Crippen molar-refractivity contribution in [2.45, 2.75) is 44.9 Å². The zero-order valence-corrected chi connectivity index (χ0v) is 10.5. The third kappa shape index (κ3) is 3.49. The topological polar surface area (TPSA) is 36.1 Å². The van der Waals surface area contributed by atoms with Crippen LogP contribution in [0.25, 0.3) is 0 Å². The summed E-state index contributed by atoms with van der Waals surface area (Å²) >= 11 is 0. The fourth-order valence-electron chi connectivity index (χ4n) is 2.09. The molecule has 3 N–H and O–H groups in total. The van der Waals surface area contributed by atoms with E-state index in [0.717, 1.165) is 12.0 Å². The number of halogens is 1. The van der Waals surface area contributed by atoms with Crippen molar-refractivity contribution < 1.29 is 4.39 Å². The minimum absolute atomic E-state index is 0.0804. The van der Waals surface area contributed by atoms with Crippen molar-refractivity contribution in [2.75, 3.05) is 0 Å². The predicted octanol–water partition coefficient (Wildman–Crippen LogP) is 2.08. The Balaban J connectivity index is 1.96. The molecule has 0 bridgehead atoms. The average molecular weight is 237 g/mol. The summed E-state index contributed by atoms with van der Waals surface area (Å²) in [4.78, 5) is 0. The molecule has 1 heterocycles. The van der Waals surface area contributed by atoms with Crippen LogP contribution in [-0.2, 0) is 0 Å². The van der Waals surface area contributed by atoms with Crippen LogP contribution in [0.4, 0.5) is 4.39 Å². The maximum absolute atomic E-state index is 12.8. The smallest absolute Gasteiger partial charge is 0.123 e. The lowest BCUT2D eigenvalue weighted by molar-refractivity contribution is 0.333. The fraction of sp³-hybridized carbons (Fsp3) is 0.538. The molecular formula is C13H20FN3. The van der Waals surface area contributed by atoms with Gasteiger partial charge in [-0.05, 0) is 44.9 Å². The van der Waals surface area contributed by atoms with Crippen LogP contribution in [0.3, 0.4) is 0 Å². The van der Waals surface area contributed by atoms with E-state index in [1.807, 2.05) is 12.1 Å². The van der Waals surface area contributed by atoms with E-state index < -0.39 is 0 Å². The van der Waals surface area contributed by atoms with Crippen molar-refractivity contribution in [1.29, 1.82) is 0 Å². The Hall–Kier alpha value is -0.970. The molecule has 2 unspecified atom stereocenters. The number of nitrogens with one attached hydrogen (secondary N) is 3. The van der Waals surface area contributed by atoms with E-state index in [4.69, 9.17) is 0 Å². The van der Waals surface area contributed by atoms with E-state index in [1.54, 1.807) is 0 Å². The summed E-state index contributed by atoms with van der Waals surface area (Å²) in [6.45, 7) is 6.42. The van der Waals surface area contributed by atoms with Crippen LogP contribution in [0.2, 0.25) is 0 Å². The van der Waals surface area contributed by atoms with Gasteiger partial charge in [-0.25, -0.2) is 15.2 Å². The maximum Gasteiger partial charge on any atom is 0.123 e. The first-order valence-corrected chi connectivity index (χ1v) is 5.98. The Morgan fingerprint density at radius 3 is 2.41 bits per heavy atom. The molecule has 0 radical (unpaired) electrons. The zero-order chi connectivity index (χ0) is 12.5. The summed E-state index contributed by atoms with van der Waals surface area (Å²) in [6, 6.07) is 6.89. The summed E-state index contributed by atoms with van der Waals surface area (Å²) in [5.41, 5.74) is 7.64. The summed E-state index contributed by atoms with van der Waals surface area (Å²) < 4.78 is 12.8. The van der Waals surface area contributed by atoms with Crippen LogP contribution >= 0.6 is 0 Å². The van der Waals surface area contributed by atoms with Crippen LogP contribution in [0.15, 0.2) is 24.3 Å². The molecule has 3 nitrogen and oxygen atoms in total. The van der Waals surface area contributed by atoms with Gasteiger partial charge in [-0.1, -0.05) is 12.1 Å². The lowest BCUT2D eigenvalue weighted by Gasteiger charge is -2.25. The predicted molar refractivity (Wildman–Crippen MR) is 66.7 cm³/mol. The van der Waals surface area contributed by atoms with Gasteiger partial charge in [0.1, 0.15) is 5.82 Å². The zero-order valence-electron chi connectivity index (χ0n) is 10.5. The van der Waals surface area contributed by atoms with Gasteiger partial charge in [-0.15, -0.1) is 0 Å². The highest BCUT2D eigenvalue weighted by molar-refractivity contribution is 5.20. The SMILES string of the molecule is CC(C)(C)NC1CC(c2ccc(F)cc2)NN1. The van der Waals surface area contributed by atoms with Gasteiger partial charge in [0.25, 0.3) is 0 Å². The monoisotopic (exact) mass is 237 g/mol. The van der Waals surface area contributed by atoms with Gasteiger partial charge in [-0.3, -0.25) is 5.32 Å². The first kappa shape index (κ1) is 12.5. The molecule has 94 valence electrons. The molecular weight excluding hydrogens is 217 g/mol. The highest BCUT2D eigenvalue weighted by atomic mass is 19.1. The molecule has 1 aliphatic heterocycles. The molecule has 0 amide bonds. The van der Waals surface area contributed by atoms with E-state index in [9.17, 15) is 4.39 Å². The fourth-order valence-corrected chi connectivity index (χ4v) is 2.09. The van der Waals surface area contributed by atoms with Gasteiger partial charge in [0.15, 0.2) is 0 Å². The number of hydrogen-bond donors (Lipinski definition) is 3. The van der Waals surface area contributed by atoms with Crippen LogP contribution in [0.1, 0.15) is 38.8 Å². The van der Waals surface area contributed by atoms with Crippen molar-refractivity contribution in [3.05, 3.63) is 35.6 Å². The van der Waals surface area contributed by atoms with Crippen LogP contribution < -0.4 is 16.2 Å². The normalized spacial score (nSPS) is 25.2. The highest BCUT2D eigenvalue weighted by Crippen LogP contribution is 2.22. The number of benzene rings is 1. The van der Waals surface area contributed by atoms with E-state index >= 15 is 0 Å². The minimum Gasteiger partial charge on any atom is -0.296 e. The van der Waals surface area contributed by atoms with Gasteiger partial charge in [0, 0.05) is 11.6 Å². The third-order valence-electron chi connectivity index (χ3n) is 2.78. The average Bonchev–Trinajstić information content (AvgIpc) is 2.64. The number of hydrazine groups is 1. The number of rotatable bonds is 2. The van der Waals surface area contributed by atoms with Crippen molar-refractivity contribution in [1.82, 2.24) is 16.2 Å². The lowest BCUT2D eigenvalue weighted by atomic mass is 10.0. The molecule has 0 aliphatic carbocycles. The summed E-state index contributed by atoms with van der Waals surface area (Å²) in [5, 5.41) is 3.48. The first-order valence-electron chi connectivity index (χ1n) is 5.98. The van der Waals surface area contributed by atoms with Crippen LogP contribution in [0, 0.1) is 5.82 Å². The van der Waals surface area contributed by atoms with E-state index in [-0.39, 0.29) is 23.6 Å². The standard InChI is InChI=1S/C13H20FN3/c1-13(2,3)15-12-8-11(16-17-12)9-4-6-10(14)7-5-9/h4-7,11-12,15-17H,8H2,1-3H3. The Labute approximate surface area is 102 Å². The molecule has 0 aromatic heterocycles. The second kappa shape index (κ2) is 4.72. The maximum atomic E-state index is 12.8. The molecule has 1 fully saturated rings. The number of hydrogen-bond acceptors (Lipinski definition) is 3. The molecule has 2 atom stereocenters. The Morgan fingerprint density at radius 1 is 1.18 bits per heavy atom. The van der Waals surface area contributed by atoms with Gasteiger partial charge in [0.05, 0.1) is 6.17 Å². The Morgan fingerprint density at radius 2 is 1.82 bits per heavy atom. The van der Waals surface area contributed by atoms with Gasteiger partial charge in [-0.2, -0.15) is 0 Å². The highest BCUT2D eigenvalue weighted by Gasteiger charge is 2.27. The van der Waals surface area contributed by atoms with Crippen molar-refractivity contribution in [3.8, 4) is 0 Å². The summed E-state index contributed by atoms with van der Waals surface area (Å²) in [7, 11) is 0. The van der Waals surface area contributed by atoms with Gasteiger partial charge in [0.2, 0.25) is 0 Å². The Bertz CT molecular complexity index is 369. The first-order chi connectivity index (χ1) is 7.94. The lowest BCUT2D eigenvalue weighted by Crippen LogP contribution is -2.49. The van der Waals surface area contributed by atoms with Crippen molar-refractivity contribution in [3.63, 3.8) is 0 Å². The van der Waals surface area contributed by atoms with Crippen molar-refractivity contribution in [2.24, 2.45) is 0 Å². The Kier molecular flexibility index (Phi) is 3.47. The molecule has 1 aromatic rings. The summed E-state index contributed by atoms with van der Waals surface area (Å²) in [6.07, 6.45) is 1.19. The van der Waals surface area contributed by atoms with E-state index in [2.05, 4.69) is 36.9 Å². The largest absolute Gasteiger partial charge is 0.296 e. The third-order valence-corrected chi connectivity index (χ3v) is 2.78. The second-order valence-corrected chi connectivity index (χ2v) is 5.58. The minimum atomic E-state index is -0.191.